The van der Waals surface area contributed by atoms with Crippen molar-refractivity contribution in [3.63, 3.8) is 0 Å². The highest BCUT2D eigenvalue weighted by atomic mass is 28.4. The number of hydrogen-bond acceptors (Lipinski definition) is 4. The number of ether oxygens (including phenoxy) is 1. The first-order chi connectivity index (χ1) is 11.4. The zero-order valence-corrected chi connectivity index (χ0v) is 19.3. The summed E-state index contributed by atoms with van der Waals surface area (Å²) in [6, 6.07) is 0. The van der Waals surface area contributed by atoms with E-state index in [1.165, 1.54) is 0 Å². The minimum Gasteiger partial charge on any atom is -0.415 e. The third-order valence-electron chi connectivity index (χ3n) is 3.97. The van der Waals surface area contributed by atoms with Crippen LogP contribution in [0.1, 0.15) is 26.2 Å². The average molecular weight is 387 g/mol. The monoisotopic (exact) mass is 386 g/mol. The molecule has 3 unspecified atom stereocenters. The van der Waals surface area contributed by atoms with Gasteiger partial charge in [-0.25, -0.2) is 0 Å². The first-order valence-corrected chi connectivity index (χ1v) is 15.8. The Hall–Kier alpha value is -0.986. The Labute approximate surface area is 156 Å². The Morgan fingerprint density at radius 2 is 1.56 bits per heavy atom. The Bertz CT molecular complexity index is 422. The van der Waals surface area contributed by atoms with Gasteiger partial charge in [0.2, 0.25) is 0 Å². The van der Waals surface area contributed by atoms with Crippen LogP contribution in [0.4, 0.5) is 0 Å². The summed E-state index contributed by atoms with van der Waals surface area (Å²) in [6.07, 6.45) is 2.10. The molecule has 25 heavy (non-hydrogen) atoms. The quantitative estimate of drug-likeness (QED) is 0.254. The Kier molecular flexibility index (Phi) is 12.2. The van der Waals surface area contributed by atoms with Crippen LogP contribution in [-0.4, -0.2) is 34.4 Å². The third-order valence-corrected chi connectivity index (χ3v) is 7.81. The molecule has 0 aromatic rings. The lowest BCUT2D eigenvalue weighted by Gasteiger charge is -2.39. The van der Waals surface area contributed by atoms with Crippen molar-refractivity contribution in [2.45, 2.75) is 77.1 Å². The van der Waals surface area contributed by atoms with Crippen LogP contribution in [0.3, 0.4) is 0 Å². The first kappa shape index (κ1) is 26.2. The van der Waals surface area contributed by atoms with Crippen LogP contribution >= 0.6 is 0 Å². The number of hydrogen-bond donors (Lipinski definition) is 0. The van der Waals surface area contributed by atoms with Gasteiger partial charge in [-0.1, -0.05) is 26.6 Å². The second-order valence-corrected chi connectivity index (χ2v) is 18.0. The molecule has 6 heteroatoms. The lowest BCUT2D eigenvalue weighted by Crippen LogP contribution is -2.43. The maximum atomic E-state index is 11.8. The number of rotatable bonds is 7. The smallest absolute Gasteiger partial charge is 0.317 e. The lowest BCUT2D eigenvalue weighted by atomic mass is 9.98. The van der Waals surface area contributed by atoms with E-state index in [-0.39, 0.29) is 30.4 Å². The maximum absolute atomic E-state index is 11.8. The Morgan fingerprint density at radius 3 is 1.84 bits per heavy atom. The number of carbonyl (C=O) groups excluding carboxylic acids is 2. The molecule has 0 spiro atoms. The van der Waals surface area contributed by atoms with Gasteiger partial charge in [0.25, 0.3) is 0 Å². The van der Waals surface area contributed by atoms with Crippen molar-refractivity contribution in [1.82, 2.24) is 0 Å². The van der Waals surface area contributed by atoms with E-state index in [1.54, 1.807) is 0 Å². The van der Waals surface area contributed by atoms with Crippen LogP contribution < -0.4 is 0 Å². The van der Waals surface area contributed by atoms with Crippen LogP contribution in [0.2, 0.25) is 44.8 Å². The Balaban J connectivity index is 0. The third kappa shape index (κ3) is 9.92. The Morgan fingerprint density at radius 1 is 1.08 bits per heavy atom. The highest BCUT2D eigenvalue weighted by Gasteiger charge is 2.42. The fourth-order valence-electron chi connectivity index (χ4n) is 2.97. The highest BCUT2D eigenvalue weighted by molar-refractivity contribution is 6.78. The van der Waals surface area contributed by atoms with E-state index in [0.717, 1.165) is 12.8 Å². The predicted octanol–water partition coefficient (Wildman–Crippen LogP) is 5.41. The molecule has 0 radical (unpaired) electrons. The van der Waals surface area contributed by atoms with Crippen molar-refractivity contribution in [3.05, 3.63) is 26.3 Å². The van der Waals surface area contributed by atoms with Gasteiger partial charge in [0.05, 0.1) is 20.4 Å². The molecule has 0 aromatic heterocycles. The topological polar surface area (TPSA) is 52.6 Å². The van der Waals surface area contributed by atoms with E-state index in [9.17, 15) is 9.59 Å². The lowest BCUT2D eigenvalue weighted by molar-refractivity contribution is -0.153. The van der Waals surface area contributed by atoms with Crippen LogP contribution in [0, 0.1) is 5.92 Å². The largest absolute Gasteiger partial charge is 0.415 e. The van der Waals surface area contributed by atoms with E-state index >= 15 is 0 Å². The molecule has 0 amide bonds. The summed E-state index contributed by atoms with van der Waals surface area (Å²) >= 11 is 0. The highest BCUT2D eigenvalue weighted by Crippen LogP contribution is 2.39. The summed E-state index contributed by atoms with van der Waals surface area (Å²) in [7, 11) is -3.14. The number of cyclic esters (lactones) is 2. The van der Waals surface area contributed by atoms with Gasteiger partial charge in [0, 0.05) is 6.10 Å². The summed E-state index contributed by atoms with van der Waals surface area (Å²) in [4.78, 5) is 23.1. The number of carbonyl (C=O) groups is 2. The average Bonchev–Trinajstić information content (AvgIpc) is 2.82. The van der Waals surface area contributed by atoms with Crippen molar-refractivity contribution in [1.29, 1.82) is 0 Å². The first-order valence-electron chi connectivity index (χ1n) is 8.86. The van der Waals surface area contributed by atoms with Crippen molar-refractivity contribution in [3.8, 4) is 0 Å². The van der Waals surface area contributed by atoms with Gasteiger partial charge in [-0.3, -0.25) is 9.59 Å². The molecule has 1 aliphatic rings. The molecule has 1 heterocycles. The SMILES string of the molecule is C=C.C=C.CCC(O[Si](C)(C)C)C(CC1CC(=O)OC1=O)[Si](C)(C)C. The predicted molar refractivity (Wildman–Crippen MR) is 112 cm³/mol. The molecule has 0 bridgehead atoms. The molecule has 4 nitrogen and oxygen atoms in total. The normalized spacial score (nSPS) is 19.7. The van der Waals surface area contributed by atoms with Crippen molar-refractivity contribution >= 4 is 28.3 Å². The van der Waals surface area contributed by atoms with Gasteiger partial charge in [-0.05, 0) is 38.0 Å². The fraction of sp³-hybridized carbons (Fsp3) is 0.684. The summed E-state index contributed by atoms with van der Waals surface area (Å²) in [5.41, 5.74) is 0.373. The second-order valence-electron chi connectivity index (χ2n) is 8.08. The molecule has 1 fully saturated rings. The summed E-state index contributed by atoms with van der Waals surface area (Å²) in [5.74, 6) is -0.988. The van der Waals surface area contributed by atoms with Gasteiger partial charge < -0.3 is 9.16 Å². The van der Waals surface area contributed by atoms with Gasteiger partial charge in [-0.2, -0.15) is 0 Å². The van der Waals surface area contributed by atoms with Crippen molar-refractivity contribution in [2.75, 3.05) is 0 Å². The van der Waals surface area contributed by atoms with E-state index < -0.39 is 16.4 Å². The van der Waals surface area contributed by atoms with Crippen LogP contribution in [0.15, 0.2) is 26.3 Å². The molecule has 3 atom stereocenters. The zero-order chi connectivity index (χ0) is 20.4. The molecule has 1 rings (SSSR count). The van der Waals surface area contributed by atoms with Crippen LogP contribution in [0.25, 0.3) is 0 Å². The molecule has 0 aromatic carbocycles. The molecular formula is C19H38O4Si2. The molecule has 0 N–H and O–H groups in total. The summed E-state index contributed by atoms with van der Waals surface area (Å²) in [6.45, 7) is 27.7. The standard InChI is InChI=1S/C15H30O4Si2.2C2H4/c1-8-12(19-21(5,6)7)13(20(2,3)4)9-11-10-14(16)18-15(11)17;2*1-2/h11-13H,8-10H2,1-7H3;2*1-2H2. The minimum absolute atomic E-state index is 0.187. The molecular weight excluding hydrogens is 348 g/mol. The summed E-state index contributed by atoms with van der Waals surface area (Å²) < 4.78 is 11.1. The second kappa shape index (κ2) is 11.6. The van der Waals surface area contributed by atoms with Crippen LogP contribution in [0.5, 0.6) is 0 Å². The van der Waals surface area contributed by atoms with Gasteiger partial charge in [0.15, 0.2) is 8.32 Å². The van der Waals surface area contributed by atoms with E-state index in [0.29, 0.717) is 5.54 Å². The van der Waals surface area contributed by atoms with Crippen LogP contribution in [-0.2, 0) is 18.8 Å². The van der Waals surface area contributed by atoms with E-state index in [2.05, 4.69) is 72.5 Å². The molecule has 0 saturated carbocycles. The van der Waals surface area contributed by atoms with E-state index in [1.807, 2.05) is 0 Å². The zero-order valence-electron chi connectivity index (χ0n) is 17.3. The summed E-state index contributed by atoms with van der Waals surface area (Å²) in [5, 5.41) is 0. The molecule has 146 valence electrons. The molecule has 0 aliphatic carbocycles. The molecule has 1 aliphatic heterocycles. The van der Waals surface area contributed by atoms with Gasteiger partial charge in [0.1, 0.15) is 0 Å². The number of esters is 2. The molecule has 1 saturated heterocycles. The van der Waals surface area contributed by atoms with Gasteiger partial charge in [-0.15, -0.1) is 26.3 Å². The van der Waals surface area contributed by atoms with Crippen molar-refractivity contribution in [2.24, 2.45) is 5.92 Å². The fourth-order valence-corrected chi connectivity index (χ4v) is 6.76. The van der Waals surface area contributed by atoms with Crippen molar-refractivity contribution < 1.29 is 18.8 Å². The maximum Gasteiger partial charge on any atom is 0.317 e. The van der Waals surface area contributed by atoms with Gasteiger partial charge >= 0.3 is 11.9 Å². The minimum atomic E-state index is -1.63. The van der Waals surface area contributed by atoms with E-state index in [4.69, 9.17) is 9.16 Å².